The lowest BCUT2D eigenvalue weighted by Crippen LogP contribution is -2.59. The SMILES string of the molecule is CCCN1CC=C[C@]2(CC)O[C@]34C=CCN(c5ccc(OC)cc5)C(=O)C3N([C@@H](CC)CO)C(=O)[C@@H]4[C@@H]2C1=O. The summed E-state index contributed by atoms with van der Waals surface area (Å²) in [5.74, 6) is -1.70. The Morgan fingerprint density at radius 2 is 1.72 bits per heavy atom. The predicted octanol–water partition coefficient (Wildman–Crippen LogP) is 2.54. The van der Waals surface area contributed by atoms with Crippen molar-refractivity contribution in [3.63, 3.8) is 0 Å². The smallest absolute Gasteiger partial charge is 0.253 e. The molecule has 0 aromatic heterocycles. The maximum atomic E-state index is 14.5. The van der Waals surface area contributed by atoms with Gasteiger partial charge in [0.2, 0.25) is 11.8 Å². The summed E-state index contributed by atoms with van der Waals surface area (Å²) in [6.45, 7) is 6.90. The van der Waals surface area contributed by atoms with Gasteiger partial charge < -0.3 is 29.3 Å². The zero-order valence-corrected chi connectivity index (χ0v) is 23.2. The molecule has 9 heteroatoms. The minimum atomic E-state index is -1.34. The molecule has 5 rings (SSSR count). The molecule has 6 atom stereocenters. The molecular weight excluding hydrogens is 498 g/mol. The number of hydrogen-bond acceptors (Lipinski definition) is 6. The fourth-order valence-corrected chi connectivity index (χ4v) is 7.02. The van der Waals surface area contributed by atoms with Crippen LogP contribution in [0.25, 0.3) is 0 Å². The molecule has 1 unspecified atom stereocenters. The van der Waals surface area contributed by atoms with Crippen LogP contribution >= 0.6 is 0 Å². The van der Waals surface area contributed by atoms with Gasteiger partial charge in [-0.25, -0.2) is 0 Å². The minimum absolute atomic E-state index is 0.117. The number of carbonyl (C=O) groups is 3. The number of aliphatic hydroxyl groups excluding tert-OH is 1. The third-order valence-electron chi connectivity index (χ3n) is 8.91. The van der Waals surface area contributed by atoms with Crippen LogP contribution in [0, 0.1) is 11.8 Å². The molecule has 0 saturated carbocycles. The second-order valence-corrected chi connectivity index (χ2v) is 10.8. The first-order valence-corrected chi connectivity index (χ1v) is 14.0. The van der Waals surface area contributed by atoms with E-state index in [1.54, 1.807) is 29.0 Å². The summed E-state index contributed by atoms with van der Waals surface area (Å²) in [6, 6.07) is 5.60. The molecule has 210 valence electrons. The fourth-order valence-electron chi connectivity index (χ4n) is 7.02. The van der Waals surface area contributed by atoms with Gasteiger partial charge in [-0.05, 0) is 43.5 Å². The number of rotatable bonds is 8. The van der Waals surface area contributed by atoms with Gasteiger partial charge in [-0.15, -0.1) is 0 Å². The third kappa shape index (κ3) is 4.00. The number of benzene rings is 1. The normalized spacial score (nSPS) is 32.6. The lowest BCUT2D eigenvalue weighted by Gasteiger charge is -2.40. The summed E-state index contributed by atoms with van der Waals surface area (Å²) in [4.78, 5) is 48.0. The van der Waals surface area contributed by atoms with E-state index in [9.17, 15) is 19.5 Å². The van der Waals surface area contributed by atoms with E-state index in [2.05, 4.69) is 0 Å². The van der Waals surface area contributed by atoms with Gasteiger partial charge in [-0.2, -0.15) is 0 Å². The van der Waals surface area contributed by atoms with Crippen molar-refractivity contribution in [3.05, 3.63) is 48.6 Å². The molecule has 0 bridgehead atoms. The van der Waals surface area contributed by atoms with Crippen LogP contribution in [-0.2, 0) is 19.1 Å². The Morgan fingerprint density at radius 1 is 1.00 bits per heavy atom. The highest BCUT2D eigenvalue weighted by Crippen LogP contribution is 2.59. The summed E-state index contributed by atoms with van der Waals surface area (Å²) < 4.78 is 12.3. The van der Waals surface area contributed by atoms with Crippen molar-refractivity contribution in [1.82, 2.24) is 9.80 Å². The lowest BCUT2D eigenvalue weighted by atomic mass is 9.73. The van der Waals surface area contributed by atoms with E-state index < -0.39 is 35.1 Å². The van der Waals surface area contributed by atoms with Crippen LogP contribution in [0.5, 0.6) is 5.75 Å². The van der Waals surface area contributed by atoms with E-state index in [-0.39, 0.29) is 30.9 Å². The molecule has 0 aliphatic carbocycles. The van der Waals surface area contributed by atoms with Crippen molar-refractivity contribution < 1.29 is 29.0 Å². The quantitative estimate of drug-likeness (QED) is 0.512. The Kier molecular flexibility index (Phi) is 7.33. The number of aliphatic hydroxyl groups is 1. The fraction of sp³-hybridized carbons (Fsp3) is 0.567. The third-order valence-corrected chi connectivity index (χ3v) is 8.91. The average Bonchev–Trinajstić information content (AvgIpc) is 3.25. The van der Waals surface area contributed by atoms with Gasteiger partial charge in [-0.3, -0.25) is 14.4 Å². The zero-order valence-electron chi connectivity index (χ0n) is 23.2. The molecule has 1 N–H and O–H groups in total. The molecule has 1 aromatic rings. The van der Waals surface area contributed by atoms with Gasteiger partial charge >= 0.3 is 0 Å². The minimum Gasteiger partial charge on any atom is -0.497 e. The highest BCUT2D eigenvalue weighted by molar-refractivity contribution is 6.06. The van der Waals surface area contributed by atoms with Crippen molar-refractivity contribution in [1.29, 1.82) is 0 Å². The van der Waals surface area contributed by atoms with Crippen molar-refractivity contribution in [3.8, 4) is 5.75 Å². The van der Waals surface area contributed by atoms with Gasteiger partial charge in [-0.1, -0.05) is 45.1 Å². The Morgan fingerprint density at radius 3 is 2.33 bits per heavy atom. The molecule has 4 heterocycles. The van der Waals surface area contributed by atoms with Crippen LogP contribution in [0.2, 0.25) is 0 Å². The number of anilines is 1. The van der Waals surface area contributed by atoms with Gasteiger partial charge in [0.15, 0.2) is 0 Å². The monoisotopic (exact) mass is 537 g/mol. The molecular formula is C30H39N3O6. The molecule has 3 amide bonds. The predicted molar refractivity (Wildman–Crippen MR) is 146 cm³/mol. The number of likely N-dealkylation sites (tertiary alicyclic amines) is 1. The van der Waals surface area contributed by atoms with E-state index in [1.165, 1.54) is 4.90 Å². The van der Waals surface area contributed by atoms with Crippen molar-refractivity contribution in [2.24, 2.45) is 11.8 Å². The van der Waals surface area contributed by atoms with Gasteiger partial charge in [0.05, 0.1) is 37.2 Å². The van der Waals surface area contributed by atoms with Crippen molar-refractivity contribution in [2.75, 3.05) is 38.3 Å². The molecule has 2 saturated heterocycles. The molecule has 4 aliphatic rings. The van der Waals surface area contributed by atoms with Gasteiger partial charge in [0.25, 0.3) is 5.91 Å². The van der Waals surface area contributed by atoms with Gasteiger partial charge in [0, 0.05) is 25.3 Å². The molecule has 9 nitrogen and oxygen atoms in total. The summed E-state index contributed by atoms with van der Waals surface area (Å²) in [7, 11) is 1.58. The van der Waals surface area contributed by atoms with Crippen LogP contribution < -0.4 is 9.64 Å². The zero-order chi connectivity index (χ0) is 27.9. The standard InChI is InChI=1S/C30H39N3O6/c1-5-16-31-17-8-14-29(7-3)23(26(31)35)24-27(36)33(20(6-2)19-34)25-28(37)32(18-9-15-30(24,25)39-29)21-10-12-22(38-4)13-11-21/h8-15,20,23-25,34H,5-7,16-19H2,1-4H3/t20-,23+,24-,25?,29-,30-/m0/s1. The van der Waals surface area contributed by atoms with E-state index in [4.69, 9.17) is 9.47 Å². The molecule has 0 radical (unpaired) electrons. The largest absolute Gasteiger partial charge is 0.497 e. The van der Waals surface area contributed by atoms with Crippen molar-refractivity contribution >= 4 is 23.4 Å². The second-order valence-electron chi connectivity index (χ2n) is 10.8. The molecule has 39 heavy (non-hydrogen) atoms. The number of hydrogen-bond donors (Lipinski definition) is 1. The molecule has 1 aromatic carbocycles. The van der Waals surface area contributed by atoms with Crippen LogP contribution in [0.15, 0.2) is 48.6 Å². The Hall–Kier alpha value is -3.17. The first-order chi connectivity index (χ1) is 18.8. The van der Waals surface area contributed by atoms with Crippen LogP contribution in [-0.4, -0.2) is 89.3 Å². The van der Waals surface area contributed by atoms with Crippen LogP contribution in [0.3, 0.4) is 0 Å². The van der Waals surface area contributed by atoms with E-state index in [1.807, 2.05) is 57.2 Å². The number of methoxy groups -OCH3 is 1. The van der Waals surface area contributed by atoms with E-state index in [0.29, 0.717) is 37.4 Å². The van der Waals surface area contributed by atoms with Crippen LogP contribution in [0.1, 0.15) is 40.0 Å². The maximum absolute atomic E-state index is 14.5. The highest BCUT2D eigenvalue weighted by Gasteiger charge is 2.75. The second kappa shape index (κ2) is 10.4. The van der Waals surface area contributed by atoms with Gasteiger partial charge in [0.1, 0.15) is 17.4 Å². The Bertz CT molecular complexity index is 1180. The number of ether oxygens (including phenoxy) is 2. The summed E-state index contributed by atoms with van der Waals surface area (Å²) in [6.07, 6.45) is 9.37. The molecule has 4 aliphatic heterocycles. The average molecular weight is 538 g/mol. The lowest BCUT2D eigenvalue weighted by molar-refractivity contribution is -0.152. The summed E-state index contributed by atoms with van der Waals surface area (Å²) in [5, 5.41) is 10.3. The van der Waals surface area contributed by atoms with Crippen molar-refractivity contribution in [2.45, 2.75) is 63.3 Å². The van der Waals surface area contributed by atoms with E-state index >= 15 is 0 Å². The maximum Gasteiger partial charge on any atom is 0.253 e. The first kappa shape index (κ1) is 27.4. The Labute approximate surface area is 230 Å². The number of fused-ring (bicyclic) bond motifs is 2. The summed E-state index contributed by atoms with van der Waals surface area (Å²) in [5.41, 5.74) is -1.68. The highest BCUT2D eigenvalue weighted by atomic mass is 16.5. The molecule has 1 spiro atoms. The number of carbonyl (C=O) groups excluding carboxylic acids is 3. The summed E-state index contributed by atoms with van der Waals surface area (Å²) >= 11 is 0. The number of amides is 3. The molecule has 2 fully saturated rings. The first-order valence-electron chi connectivity index (χ1n) is 14.0. The Balaban J connectivity index is 1.66. The topological polar surface area (TPSA) is 99.6 Å². The van der Waals surface area contributed by atoms with E-state index in [0.717, 1.165) is 6.42 Å². The van der Waals surface area contributed by atoms with Crippen LogP contribution in [0.4, 0.5) is 5.69 Å². The number of nitrogens with zero attached hydrogens (tertiary/aromatic N) is 3.